The van der Waals surface area contributed by atoms with Crippen LogP contribution >= 0.6 is 27.5 Å². The molecule has 186 valence electrons. The van der Waals surface area contributed by atoms with Crippen LogP contribution in [0.2, 0.25) is 5.02 Å². The van der Waals surface area contributed by atoms with E-state index in [1.165, 1.54) is 13.3 Å². The molecule has 1 heterocycles. The van der Waals surface area contributed by atoms with Crippen LogP contribution in [0.5, 0.6) is 11.5 Å². The zero-order valence-corrected chi connectivity index (χ0v) is 21.1. The number of benzene rings is 2. The number of nitrogens with one attached hydrogen (secondary N) is 3. The van der Waals surface area contributed by atoms with Gasteiger partial charge >= 0.3 is 11.8 Å². The maximum atomic E-state index is 12.2. The van der Waals surface area contributed by atoms with Gasteiger partial charge in [0.15, 0.2) is 18.1 Å². The van der Waals surface area contributed by atoms with Gasteiger partial charge < -0.3 is 24.8 Å². The van der Waals surface area contributed by atoms with E-state index in [9.17, 15) is 14.4 Å². The fraction of sp³-hybridized carbons (Fsp3) is 0.304. The summed E-state index contributed by atoms with van der Waals surface area (Å²) >= 11 is 9.43. The number of halogens is 2. The topological polar surface area (TPSA) is 127 Å². The van der Waals surface area contributed by atoms with Crippen LogP contribution in [0, 0.1) is 0 Å². The molecule has 2 aromatic rings. The number of anilines is 1. The van der Waals surface area contributed by atoms with Gasteiger partial charge in [-0.15, -0.1) is 0 Å². The summed E-state index contributed by atoms with van der Waals surface area (Å²) in [6.07, 6.45) is 3.06. The van der Waals surface area contributed by atoms with E-state index in [0.29, 0.717) is 38.9 Å². The number of hydrazone groups is 1. The lowest BCUT2D eigenvalue weighted by Crippen LogP contribution is -2.41. The summed E-state index contributed by atoms with van der Waals surface area (Å²) in [5, 5.41) is 9.40. The normalized spacial score (nSPS) is 15.0. The van der Waals surface area contributed by atoms with E-state index in [1.54, 1.807) is 36.4 Å². The Bertz CT molecular complexity index is 1110. The first kappa shape index (κ1) is 26.5. The molecule has 0 spiro atoms. The number of methoxy groups -OCH3 is 1. The molecule has 3 amide bonds. The second kappa shape index (κ2) is 13.1. The predicted molar refractivity (Wildman–Crippen MR) is 134 cm³/mol. The van der Waals surface area contributed by atoms with E-state index in [4.69, 9.17) is 25.8 Å². The van der Waals surface area contributed by atoms with Crippen molar-refractivity contribution in [1.29, 1.82) is 0 Å². The first-order valence-electron chi connectivity index (χ1n) is 10.6. The molecule has 2 aromatic carbocycles. The van der Waals surface area contributed by atoms with Gasteiger partial charge in [-0.3, -0.25) is 14.4 Å². The third-order valence-corrected chi connectivity index (χ3v) is 5.77. The number of nitrogens with zero attached hydrogens (tertiary/aromatic N) is 1. The summed E-state index contributed by atoms with van der Waals surface area (Å²) in [6.45, 7) is 0.651. The van der Waals surface area contributed by atoms with Gasteiger partial charge in [-0.05, 0) is 58.6 Å². The fourth-order valence-electron chi connectivity index (χ4n) is 3.15. The van der Waals surface area contributed by atoms with Crippen molar-refractivity contribution in [3.05, 3.63) is 51.5 Å². The molecule has 0 unspecified atom stereocenters. The Morgan fingerprint density at radius 1 is 1.26 bits per heavy atom. The number of carbonyl (C=O) groups is 3. The van der Waals surface area contributed by atoms with Crippen LogP contribution in [0.1, 0.15) is 18.4 Å². The van der Waals surface area contributed by atoms with E-state index in [-0.39, 0.29) is 19.3 Å². The number of ether oxygens (including phenoxy) is 3. The van der Waals surface area contributed by atoms with E-state index in [1.807, 2.05) is 0 Å². The van der Waals surface area contributed by atoms with Crippen LogP contribution in [-0.4, -0.2) is 56.9 Å². The van der Waals surface area contributed by atoms with Gasteiger partial charge in [0.2, 0.25) is 0 Å². The average molecular weight is 568 g/mol. The smallest absolute Gasteiger partial charge is 0.329 e. The van der Waals surface area contributed by atoms with E-state index in [2.05, 4.69) is 37.1 Å². The fourth-order valence-corrected chi connectivity index (χ4v) is 3.91. The highest BCUT2D eigenvalue weighted by molar-refractivity contribution is 9.10. The molecule has 3 rings (SSSR count). The summed E-state index contributed by atoms with van der Waals surface area (Å²) in [7, 11) is 1.44. The van der Waals surface area contributed by atoms with Gasteiger partial charge in [0, 0.05) is 13.2 Å². The standard InChI is InChI=1S/C23H24BrClN4O6/c1-33-19-10-14(11-27-29-23(32)22(31)26-12-15-5-4-8-34-15)9-16(24)21(19)35-13-20(30)28-18-7-3-2-6-17(18)25/h2-3,6-7,9-11,15H,4-5,8,12-13H2,1H3,(H,26,31)(H,28,30)(H,29,32)/b27-11-/t15-/m0/s1. The largest absolute Gasteiger partial charge is 0.493 e. The zero-order chi connectivity index (χ0) is 25.2. The van der Waals surface area contributed by atoms with Crippen molar-refractivity contribution >= 4 is 57.2 Å². The monoisotopic (exact) mass is 566 g/mol. The second-order valence-electron chi connectivity index (χ2n) is 7.39. The third kappa shape index (κ3) is 7.94. The Balaban J connectivity index is 1.53. The average Bonchev–Trinajstić information content (AvgIpc) is 3.36. The lowest BCUT2D eigenvalue weighted by Gasteiger charge is -2.14. The Labute approximate surface area is 215 Å². The zero-order valence-electron chi connectivity index (χ0n) is 18.8. The maximum Gasteiger partial charge on any atom is 0.329 e. The highest BCUT2D eigenvalue weighted by Crippen LogP contribution is 2.36. The van der Waals surface area contributed by atoms with Crippen LogP contribution in [0.15, 0.2) is 46.0 Å². The van der Waals surface area contributed by atoms with E-state index in [0.717, 1.165) is 12.8 Å². The van der Waals surface area contributed by atoms with Gasteiger partial charge in [-0.1, -0.05) is 23.7 Å². The number of carbonyl (C=O) groups excluding carboxylic acids is 3. The van der Waals surface area contributed by atoms with Crippen molar-refractivity contribution in [2.24, 2.45) is 5.10 Å². The van der Waals surface area contributed by atoms with Crippen LogP contribution < -0.4 is 25.5 Å². The number of para-hydroxylation sites is 1. The molecular weight excluding hydrogens is 544 g/mol. The van der Waals surface area contributed by atoms with Gasteiger partial charge in [-0.25, -0.2) is 5.43 Å². The van der Waals surface area contributed by atoms with Crippen molar-refractivity contribution in [1.82, 2.24) is 10.7 Å². The minimum atomic E-state index is -0.894. The number of hydrogen-bond donors (Lipinski definition) is 3. The first-order valence-corrected chi connectivity index (χ1v) is 11.8. The third-order valence-electron chi connectivity index (χ3n) is 4.85. The highest BCUT2D eigenvalue weighted by Gasteiger charge is 2.19. The molecule has 1 saturated heterocycles. The SMILES string of the molecule is COc1cc(/C=N\NC(=O)C(=O)NC[C@@H]2CCCO2)cc(Br)c1OCC(=O)Nc1ccccc1Cl. The lowest BCUT2D eigenvalue weighted by atomic mass is 10.2. The Morgan fingerprint density at radius 2 is 2.06 bits per heavy atom. The highest BCUT2D eigenvalue weighted by atomic mass is 79.9. The Morgan fingerprint density at radius 3 is 2.77 bits per heavy atom. The van der Waals surface area contributed by atoms with Crippen LogP contribution in [-0.2, 0) is 19.1 Å². The molecule has 12 heteroatoms. The maximum absolute atomic E-state index is 12.2. The van der Waals surface area contributed by atoms with Crippen molar-refractivity contribution < 1.29 is 28.6 Å². The molecular formula is C23H24BrClN4O6. The van der Waals surface area contributed by atoms with Crippen molar-refractivity contribution in [2.75, 3.05) is 32.2 Å². The molecule has 0 saturated carbocycles. The number of amides is 3. The van der Waals surface area contributed by atoms with Gasteiger partial charge in [0.05, 0.1) is 34.6 Å². The van der Waals surface area contributed by atoms with Crippen molar-refractivity contribution in [3.63, 3.8) is 0 Å². The number of rotatable bonds is 9. The summed E-state index contributed by atoms with van der Waals surface area (Å²) < 4.78 is 16.9. The van der Waals surface area contributed by atoms with Gasteiger partial charge in [0.25, 0.3) is 5.91 Å². The predicted octanol–water partition coefficient (Wildman–Crippen LogP) is 2.87. The molecule has 3 N–H and O–H groups in total. The molecule has 1 fully saturated rings. The quantitative estimate of drug-likeness (QED) is 0.243. The Hall–Kier alpha value is -3.15. The van der Waals surface area contributed by atoms with E-state index < -0.39 is 17.7 Å². The summed E-state index contributed by atoms with van der Waals surface area (Å²) in [6, 6.07) is 10.1. The molecule has 1 aliphatic heterocycles. The first-order chi connectivity index (χ1) is 16.9. The van der Waals surface area contributed by atoms with Gasteiger partial charge in [0.1, 0.15) is 0 Å². The second-order valence-corrected chi connectivity index (χ2v) is 8.66. The van der Waals surface area contributed by atoms with Crippen molar-refractivity contribution in [3.8, 4) is 11.5 Å². The van der Waals surface area contributed by atoms with Gasteiger partial charge in [-0.2, -0.15) is 5.10 Å². The molecule has 0 radical (unpaired) electrons. The summed E-state index contributed by atoms with van der Waals surface area (Å²) in [4.78, 5) is 36.0. The van der Waals surface area contributed by atoms with Crippen LogP contribution in [0.25, 0.3) is 0 Å². The van der Waals surface area contributed by atoms with Crippen LogP contribution in [0.3, 0.4) is 0 Å². The molecule has 0 aromatic heterocycles. The lowest BCUT2D eigenvalue weighted by molar-refractivity contribution is -0.139. The minimum Gasteiger partial charge on any atom is -0.493 e. The molecule has 1 atom stereocenters. The molecule has 35 heavy (non-hydrogen) atoms. The molecule has 10 nitrogen and oxygen atoms in total. The van der Waals surface area contributed by atoms with E-state index >= 15 is 0 Å². The summed E-state index contributed by atoms with van der Waals surface area (Å²) in [5.41, 5.74) is 3.19. The minimum absolute atomic E-state index is 0.0667. The Kier molecular flexibility index (Phi) is 9.88. The van der Waals surface area contributed by atoms with Crippen molar-refractivity contribution in [2.45, 2.75) is 18.9 Å². The molecule has 0 bridgehead atoms. The molecule has 0 aliphatic carbocycles. The number of hydrogen-bond acceptors (Lipinski definition) is 7. The van der Waals surface area contributed by atoms with Crippen LogP contribution in [0.4, 0.5) is 5.69 Å². The molecule has 1 aliphatic rings. The summed E-state index contributed by atoms with van der Waals surface area (Å²) in [5.74, 6) is -1.47.